The van der Waals surface area contributed by atoms with Crippen molar-refractivity contribution in [3.05, 3.63) is 46.8 Å². The molecule has 2 rings (SSSR count). The van der Waals surface area contributed by atoms with E-state index in [0.717, 1.165) is 41.3 Å². The largest absolute Gasteiger partial charge is 0.489 e. The van der Waals surface area contributed by atoms with E-state index in [4.69, 9.17) is 14.4 Å². The normalized spacial score (nSPS) is 12.4. The zero-order valence-corrected chi connectivity index (χ0v) is 13.4. The number of rotatable bonds is 8. The van der Waals surface area contributed by atoms with Crippen LogP contribution in [0.5, 0.6) is 5.75 Å². The first-order valence-corrected chi connectivity index (χ1v) is 7.61. The van der Waals surface area contributed by atoms with Crippen LogP contribution in [-0.2, 0) is 13.2 Å². The van der Waals surface area contributed by atoms with Crippen molar-refractivity contribution in [2.24, 2.45) is 0 Å². The molecule has 22 heavy (non-hydrogen) atoms. The molecular formula is C17H24N2O3. The van der Waals surface area contributed by atoms with Gasteiger partial charge >= 0.3 is 0 Å². The first-order valence-electron chi connectivity index (χ1n) is 7.61. The summed E-state index contributed by atoms with van der Waals surface area (Å²) in [6, 6.07) is 8.11. The van der Waals surface area contributed by atoms with Gasteiger partial charge in [-0.3, -0.25) is 0 Å². The van der Waals surface area contributed by atoms with Gasteiger partial charge in [0.15, 0.2) is 0 Å². The predicted octanol–water partition coefficient (Wildman–Crippen LogP) is 2.73. The third-order valence-corrected chi connectivity index (χ3v) is 3.80. The molecule has 2 N–H and O–H groups in total. The number of benzene rings is 1. The lowest BCUT2D eigenvalue weighted by Gasteiger charge is -2.14. The molecule has 0 fully saturated rings. The summed E-state index contributed by atoms with van der Waals surface area (Å²) in [5, 5.41) is 16.4. The Morgan fingerprint density at radius 3 is 2.55 bits per heavy atom. The third-order valence-electron chi connectivity index (χ3n) is 3.80. The maximum Gasteiger partial charge on any atom is 0.140 e. The Balaban J connectivity index is 1.87. The summed E-state index contributed by atoms with van der Waals surface area (Å²) in [5.41, 5.74) is 3.03. The van der Waals surface area contributed by atoms with Crippen LogP contribution in [0, 0.1) is 13.8 Å². The summed E-state index contributed by atoms with van der Waals surface area (Å²) >= 11 is 0. The third kappa shape index (κ3) is 4.32. The number of hydrogen-bond donors (Lipinski definition) is 2. The first-order chi connectivity index (χ1) is 10.6. The van der Waals surface area contributed by atoms with Gasteiger partial charge in [0.05, 0.1) is 17.9 Å². The lowest BCUT2D eigenvalue weighted by atomic mass is 10.2. The van der Waals surface area contributed by atoms with Gasteiger partial charge in [-0.1, -0.05) is 24.2 Å². The molecule has 5 heteroatoms. The molecule has 0 aliphatic rings. The maximum absolute atomic E-state index is 9.16. The molecule has 5 nitrogen and oxygen atoms in total. The molecule has 0 amide bonds. The number of hydrogen-bond acceptors (Lipinski definition) is 5. The molecule has 1 aromatic carbocycles. The Hall–Kier alpha value is -1.85. The van der Waals surface area contributed by atoms with Gasteiger partial charge in [0.1, 0.15) is 18.1 Å². The van der Waals surface area contributed by atoms with E-state index in [-0.39, 0.29) is 12.6 Å². The van der Waals surface area contributed by atoms with Crippen LogP contribution in [0.3, 0.4) is 0 Å². The predicted molar refractivity (Wildman–Crippen MR) is 84.8 cm³/mol. The molecular weight excluding hydrogens is 280 g/mol. The molecule has 1 aromatic heterocycles. The fraction of sp³-hybridized carbons (Fsp3) is 0.471. The molecule has 0 aliphatic carbocycles. The van der Waals surface area contributed by atoms with Gasteiger partial charge in [0.2, 0.25) is 0 Å². The van der Waals surface area contributed by atoms with E-state index in [1.165, 1.54) is 0 Å². The van der Waals surface area contributed by atoms with Crippen LogP contribution >= 0.6 is 0 Å². The van der Waals surface area contributed by atoms with Crippen molar-refractivity contribution in [1.82, 2.24) is 10.5 Å². The van der Waals surface area contributed by atoms with Gasteiger partial charge in [-0.15, -0.1) is 0 Å². The highest BCUT2D eigenvalue weighted by Gasteiger charge is 2.09. The van der Waals surface area contributed by atoms with Crippen molar-refractivity contribution in [3.8, 4) is 5.75 Å². The van der Waals surface area contributed by atoms with Crippen LogP contribution in [0.15, 0.2) is 28.8 Å². The van der Waals surface area contributed by atoms with Crippen molar-refractivity contribution in [1.29, 1.82) is 0 Å². The number of nitrogens with zero attached hydrogens (tertiary/aromatic N) is 1. The van der Waals surface area contributed by atoms with Crippen molar-refractivity contribution in [3.63, 3.8) is 0 Å². The average molecular weight is 304 g/mol. The van der Waals surface area contributed by atoms with Crippen LogP contribution in [0.4, 0.5) is 0 Å². The van der Waals surface area contributed by atoms with Crippen LogP contribution in [0.25, 0.3) is 0 Å². The van der Waals surface area contributed by atoms with Crippen molar-refractivity contribution in [2.75, 3.05) is 6.61 Å². The highest BCUT2D eigenvalue weighted by atomic mass is 16.5. The van der Waals surface area contributed by atoms with E-state index in [1.807, 2.05) is 38.1 Å². The Labute approximate surface area is 131 Å². The average Bonchev–Trinajstić information content (AvgIpc) is 2.86. The van der Waals surface area contributed by atoms with Crippen molar-refractivity contribution in [2.45, 2.75) is 46.4 Å². The van der Waals surface area contributed by atoms with E-state index in [2.05, 4.69) is 17.4 Å². The van der Waals surface area contributed by atoms with Gasteiger partial charge in [-0.05, 0) is 38.0 Å². The Kier molecular flexibility index (Phi) is 5.98. The Morgan fingerprint density at radius 2 is 2.00 bits per heavy atom. The fourth-order valence-corrected chi connectivity index (χ4v) is 2.17. The molecule has 1 unspecified atom stereocenters. The highest BCUT2D eigenvalue weighted by Crippen LogP contribution is 2.18. The molecule has 1 heterocycles. The number of nitrogens with one attached hydrogen (secondary N) is 1. The summed E-state index contributed by atoms with van der Waals surface area (Å²) in [6.45, 7) is 7.22. The van der Waals surface area contributed by atoms with Crippen molar-refractivity contribution >= 4 is 0 Å². The smallest absolute Gasteiger partial charge is 0.140 e. The van der Waals surface area contributed by atoms with Crippen LogP contribution in [0.2, 0.25) is 0 Å². The lowest BCUT2D eigenvalue weighted by molar-refractivity contribution is 0.238. The Morgan fingerprint density at radius 1 is 1.27 bits per heavy atom. The minimum atomic E-state index is 0.149. The number of ether oxygens (including phenoxy) is 1. The van der Waals surface area contributed by atoms with Gasteiger partial charge in [0, 0.05) is 12.6 Å². The second-order valence-corrected chi connectivity index (χ2v) is 5.40. The van der Waals surface area contributed by atoms with Crippen molar-refractivity contribution < 1.29 is 14.4 Å². The second kappa shape index (κ2) is 7.96. The van der Waals surface area contributed by atoms with Gasteiger partial charge in [-0.2, -0.15) is 0 Å². The highest BCUT2D eigenvalue weighted by molar-refractivity contribution is 5.28. The lowest BCUT2D eigenvalue weighted by Crippen LogP contribution is -2.31. The van der Waals surface area contributed by atoms with E-state index >= 15 is 0 Å². The van der Waals surface area contributed by atoms with E-state index in [9.17, 15) is 0 Å². The van der Waals surface area contributed by atoms with E-state index < -0.39 is 0 Å². The molecule has 0 saturated heterocycles. The number of aromatic nitrogens is 1. The number of aliphatic hydroxyl groups excluding tert-OH is 1. The standard InChI is InChI=1S/C17H24N2O3/c1-4-15(10-20)18-9-14-5-7-16(8-6-14)21-11-17-12(2)19-22-13(17)3/h5-8,15,18,20H,4,9-11H2,1-3H3. The second-order valence-electron chi connectivity index (χ2n) is 5.40. The maximum atomic E-state index is 9.16. The molecule has 0 aliphatic heterocycles. The minimum Gasteiger partial charge on any atom is -0.489 e. The van der Waals surface area contributed by atoms with Crippen LogP contribution in [-0.4, -0.2) is 22.9 Å². The van der Waals surface area contributed by atoms with Crippen LogP contribution in [0.1, 0.15) is 35.9 Å². The first kappa shape index (κ1) is 16.5. The number of aryl methyl sites for hydroxylation is 2. The zero-order chi connectivity index (χ0) is 15.9. The molecule has 0 radical (unpaired) electrons. The summed E-state index contributed by atoms with van der Waals surface area (Å²) in [7, 11) is 0. The molecule has 1 atom stereocenters. The number of aliphatic hydroxyl groups is 1. The summed E-state index contributed by atoms with van der Waals surface area (Å²) in [4.78, 5) is 0. The van der Waals surface area contributed by atoms with Crippen LogP contribution < -0.4 is 10.1 Å². The Bertz CT molecular complexity index is 555. The SMILES string of the molecule is CCC(CO)NCc1ccc(OCc2c(C)noc2C)cc1. The zero-order valence-electron chi connectivity index (χ0n) is 13.4. The van der Waals surface area contributed by atoms with Gasteiger partial charge < -0.3 is 19.7 Å². The van der Waals surface area contributed by atoms with E-state index in [0.29, 0.717) is 6.61 Å². The summed E-state index contributed by atoms with van der Waals surface area (Å²) in [6.07, 6.45) is 0.912. The van der Waals surface area contributed by atoms with E-state index in [1.54, 1.807) is 0 Å². The molecule has 120 valence electrons. The van der Waals surface area contributed by atoms with Gasteiger partial charge in [0.25, 0.3) is 0 Å². The topological polar surface area (TPSA) is 67.5 Å². The summed E-state index contributed by atoms with van der Waals surface area (Å²) in [5.74, 6) is 1.62. The van der Waals surface area contributed by atoms with Gasteiger partial charge in [-0.25, -0.2) is 0 Å². The molecule has 0 spiro atoms. The molecule has 2 aromatic rings. The minimum absolute atomic E-state index is 0.149. The summed E-state index contributed by atoms with van der Waals surface area (Å²) < 4.78 is 10.9. The molecule has 0 bridgehead atoms. The fourth-order valence-electron chi connectivity index (χ4n) is 2.17. The quantitative estimate of drug-likeness (QED) is 0.785. The molecule has 0 saturated carbocycles. The monoisotopic (exact) mass is 304 g/mol.